The van der Waals surface area contributed by atoms with Crippen molar-refractivity contribution in [3.05, 3.63) is 6.33 Å². The fraction of sp³-hybridized carbons (Fsp3) is 0.600. The number of nitrogen functional groups attached to an aromatic ring is 1. The van der Waals surface area contributed by atoms with Gasteiger partial charge in [-0.2, -0.15) is 9.97 Å². The molecule has 1 rings (SSSR count). The van der Waals surface area contributed by atoms with Gasteiger partial charge in [0.25, 0.3) is 0 Å². The van der Waals surface area contributed by atoms with Gasteiger partial charge in [0, 0.05) is 7.11 Å². The molecular weight excluding hydrogens is 226 g/mol. The first-order valence-electron chi connectivity index (χ1n) is 5.13. The van der Waals surface area contributed by atoms with E-state index in [1.807, 2.05) is 0 Å². The first kappa shape index (κ1) is 13.5. The number of ether oxygens (including phenoxy) is 4. The van der Waals surface area contributed by atoms with Crippen LogP contribution in [-0.2, 0) is 9.47 Å². The summed E-state index contributed by atoms with van der Waals surface area (Å²) in [7, 11) is 3.10. The van der Waals surface area contributed by atoms with E-state index in [0.717, 1.165) is 0 Å². The van der Waals surface area contributed by atoms with Crippen molar-refractivity contribution in [2.75, 3.05) is 46.4 Å². The predicted molar refractivity (Wildman–Crippen MR) is 61.2 cm³/mol. The molecule has 0 spiro atoms. The lowest BCUT2D eigenvalue weighted by atomic mass is 10.5. The van der Waals surface area contributed by atoms with Crippen molar-refractivity contribution < 1.29 is 18.9 Å². The Kier molecular flexibility index (Phi) is 6.05. The summed E-state index contributed by atoms with van der Waals surface area (Å²) < 4.78 is 20.3. The van der Waals surface area contributed by atoms with Gasteiger partial charge in [-0.3, -0.25) is 0 Å². The third-order valence-electron chi connectivity index (χ3n) is 1.90. The smallest absolute Gasteiger partial charge is 0.244 e. The van der Waals surface area contributed by atoms with Crippen molar-refractivity contribution in [2.45, 2.75) is 0 Å². The molecule has 0 atom stereocenters. The van der Waals surface area contributed by atoms with Crippen LogP contribution in [0.15, 0.2) is 6.33 Å². The normalized spacial score (nSPS) is 10.2. The minimum Gasteiger partial charge on any atom is -0.479 e. The summed E-state index contributed by atoms with van der Waals surface area (Å²) in [4.78, 5) is 7.74. The molecule has 0 radical (unpaired) electrons. The van der Waals surface area contributed by atoms with Gasteiger partial charge in [-0.05, 0) is 0 Å². The van der Waals surface area contributed by atoms with Crippen LogP contribution in [-0.4, -0.2) is 50.6 Å². The molecule has 0 aliphatic heterocycles. The number of anilines is 1. The van der Waals surface area contributed by atoms with Crippen LogP contribution in [0.5, 0.6) is 11.8 Å². The van der Waals surface area contributed by atoms with E-state index in [1.165, 1.54) is 13.4 Å². The van der Waals surface area contributed by atoms with Crippen molar-refractivity contribution in [1.82, 2.24) is 9.97 Å². The molecule has 0 amide bonds. The Labute approximate surface area is 99.9 Å². The number of rotatable bonds is 8. The molecule has 1 aromatic rings. The van der Waals surface area contributed by atoms with Gasteiger partial charge in [-0.15, -0.1) is 0 Å². The van der Waals surface area contributed by atoms with Crippen molar-refractivity contribution in [3.8, 4) is 11.8 Å². The quantitative estimate of drug-likeness (QED) is 0.648. The van der Waals surface area contributed by atoms with Gasteiger partial charge in [0.1, 0.15) is 12.9 Å². The summed E-state index contributed by atoms with van der Waals surface area (Å²) in [5.74, 6) is 0.600. The Morgan fingerprint density at radius 3 is 2.47 bits per heavy atom. The first-order chi connectivity index (χ1) is 8.29. The lowest BCUT2D eigenvalue weighted by molar-refractivity contribution is 0.0537. The fourth-order valence-corrected chi connectivity index (χ4v) is 1.08. The maximum absolute atomic E-state index is 5.72. The number of nitrogens with zero attached hydrogens (tertiary/aromatic N) is 2. The maximum Gasteiger partial charge on any atom is 0.244 e. The highest BCUT2D eigenvalue weighted by Crippen LogP contribution is 2.25. The Morgan fingerprint density at radius 2 is 1.76 bits per heavy atom. The van der Waals surface area contributed by atoms with Crippen molar-refractivity contribution in [2.24, 2.45) is 0 Å². The molecular formula is C10H17N3O4. The Balaban J connectivity index is 2.31. The largest absolute Gasteiger partial charge is 0.479 e. The van der Waals surface area contributed by atoms with Gasteiger partial charge in [0.2, 0.25) is 11.8 Å². The molecule has 0 aliphatic carbocycles. The van der Waals surface area contributed by atoms with Gasteiger partial charge in [0.05, 0.1) is 26.9 Å². The molecule has 2 N–H and O–H groups in total. The van der Waals surface area contributed by atoms with Crippen molar-refractivity contribution in [3.63, 3.8) is 0 Å². The van der Waals surface area contributed by atoms with Crippen LogP contribution in [0.4, 0.5) is 5.69 Å². The van der Waals surface area contributed by atoms with Gasteiger partial charge >= 0.3 is 0 Å². The second kappa shape index (κ2) is 7.64. The zero-order valence-corrected chi connectivity index (χ0v) is 10.0. The van der Waals surface area contributed by atoms with Crippen LogP contribution in [0, 0.1) is 0 Å². The number of hydrogen-bond acceptors (Lipinski definition) is 7. The lowest BCUT2D eigenvalue weighted by Crippen LogP contribution is -2.12. The third-order valence-corrected chi connectivity index (χ3v) is 1.90. The molecule has 0 fully saturated rings. The SMILES string of the molecule is COCCOCCOc1ncnc(OC)c1N. The van der Waals surface area contributed by atoms with Crippen LogP contribution in [0.3, 0.4) is 0 Å². The molecule has 7 nitrogen and oxygen atoms in total. The van der Waals surface area contributed by atoms with Crippen LogP contribution in [0.2, 0.25) is 0 Å². The number of aromatic nitrogens is 2. The predicted octanol–water partition coefficient (Wildman–Crippen LogP) is 0.109. The van der Waals surface area contributed by atoms with Crippen LogP contribution in [0.1, 0.15) is 0 Å². The van der Waals surface area contributed by atoms with Crippen molar-refractivity contribution >= 4 is 5.69 Å². The Bertz CT molecular complexity index is 335. The molecule has 7 heteroatoms. The summed E-state index contributed by atoms with van der Waals surface area (Å²) >= 11 is 0. The summed E-state index contributed by atoms with van der Waals surface area (Å²) in [6, 6.07) is 0. The van der Waals surface area contributed by atoms with E-state index in [2.05, 4.69) is 9.97 Å². The van der Waals surface area contributed by atoms with Gasteiger partial charge < -0.3 is 24.7 Å². The topological polar surface area (TPSA) is 88.7 Å². The molecule has 0 saturated heterocycles. The molecule has 0 unspecified atom stereocenters. The molecule has 17 heavy (non-hydrogen) atoms. The summed E-state index contributed by atoms with van der Waals surface area (Å²) in [5, 5.41) is 0. The van der Waals surface area contributed by atoms with Gasteiger partial charge in [0.15, 0.2) is 5.69 Å². The highest BCUT2D eigenvalue weighted by atomic mass is 16.5. The van der Waals surface area contributed by atoms with E-state index in [0.29, 0.717) is 38.2 Å². The van der Waals surface area contributed by atoms with Crippen LogP contribution >= 0.6 is 0 Å². The minimum atomic E-state index is 0.284. The molecule has 0 aliphatic rings. The lowest BCUT2D eigenvalue weighted by Gasteiger charge is -2.09. The Morgan fingerprint density at radius 1 is 1.06 bits per heavy atom. The Hall–Kier alpha value is -1.60. The van der Waals surface area contributed by atoms with Crippen LogP contribution in [0.25, 0.3) is 0 Å². The monoisotopic (exact) mass is 243 g/mol. The molecule has 0 aromatic carbocycles. The van der Waals surface area contributed by atoms with E-state index >= 15 is 0 Å². The van der Waals surface area contributed by atoms with Gasteiger partial charge in [-0.25, -0.2) is 0 Å². The summed E-state index contributed by atoms with van der Waals surface area (Å²) in [6.45, 7) is 1.88. The molecule has 1 aromatic heterocycles. The average Bonchev–Trinajstić information content (AvgIpc) is 2.35. The molecule has 0 saturated carbocycles. The highest BCUT2D eigenvalue weighted by molar-refractivity contribution is 5.55. The zero-order chi connectivity index (χ0) is 12.5. The first-order valence-corrected chi connectivity index (χ1v) is 5.13. The van der Waals surface area contributed by atoms with E-state index in [9.17, 15) is 0 Å². The molecule has 0 bridgehead atoms. The van der Waals surface area contributed by atoms with E-state index in [1.54, 1.807) is 7.11 Å². The summed E-state index contributed by atoms with van der Waals surface area (Å²) in [6.07, 6.45) is 1.33. The third kappa shape index (κ3) is 4.41. The zero-order valence-electron chi connectivity index (χ0n) is 10.0. The molecule has 96 valence electrons. The van der Waals surface area contributed by atoms with E-state index in [4.69, 9.17) is 24.7 Å². The second-order valence-electron chi connectivity index (χ2n) is 3.06. The van der Waals surface area contributed by atoms with E-state index < -0.39 is 0 Å². The minimum absolute atomic E-state index is 0.284. The molecule has 1 heterocycles. The maximum atomic E-state index is 5.72. The number of hydrogen-bond donors (Lipinski definition) is 1. The standard InChI is InChI=1S/C10H17N3O4/c1-14-3-4-16-5-6-17-10-8(11)9(15-2)12-7-13-10/h7H,3-6,11H2,1-2H3. The van der Waals surface area contributed by atoms with Gasteiger partial charge in [-0.1, -0.05) is 0 Å². The van der Waals surface area contributed by atoms with Crippen molar-refractivity contribution in [1.29, 1.82) is 0 Å². The fourth-order valence-electron chi connectivity index (χ4n) is 1.08. The highest BCUT2D eigenvalue weighted by Gasteiger charge is 2.08. The number of methoxy groups -OCH3 is 2. The second-order valence-corrected chi connectivity index (χ2v) is 3.06. The number of nitrogens with two attached hydrogens (primary N) is 1. The average molecular weight is 243 g/mol. The summed E-state index contributed by atoms with van der Waals surface area (Å²) in [5.41, 5.74) is 6.00. The van der Waals surface area contributed by atoms with E-state index in [-0.39, 0.29) is 5.69 Å². The van der Waals surface area contributed by atoms with Crippen LogP contribution < -0.4 is 15.2 Å².